The molecule has 5 rings (SSSR count). The summed E-state index contributed by atoms with van der Waals surface area (Å²) in [6.45, 7) is 6.62. The van der Waals surface area contributed by atoms with Crippen LogP contribution in [-0.4, -0.2) is 14.7 Å². The van der Waals surface area contributed by atoms with Crippen molar-refractivity contribution in [2.45, 2.75) is 32.9 Å². The van der Waals surface area contributed by atoms with Crippen molar-refractivity contribution in [2.24, 2.45) is 0 Å². The minimum atomic E-state index is -0.0641. The Morgan fingerprint density at radius 2 is 1.55 bits per heavy atom. The number of pyridine rings is 1. The number of hydrogen-bond acceptors (Lipinski definition) is 2. The Bertz CT molecular complexity index is 1300. The molecule has 1 aliphatic heterocycles. The first-order valence-electron chi connectivity index (χ1n) is 11.0. The van der Waals surface area contributed by atoms with E-state index in [9.17, 15) is 0 Å². The zero-order valence-electron chi connectivity index (χ0n) is 18.8. The molecule has 1 saturated heterocycles. The summed E-state index contributed by atoms with van der Waals surface area (Å²) < 4.78 is 3.39. The number of para-hydroxylation sites is 1. The normalized spacial score (nSPS) is 17.9. The van der Waals surface area contributed by atoms with Crippen LogP contribution in [0.1, 0.15) is 40.3 Å². The molecular formula is C27H25BrN4S. The quantitative estimate of drug-likeness (QED) is 0.304. The van der Waals surface area contributed by atoms with Gasteiger partial charge in [-0.15, -0.1) is 0 Å². The van der Waals surface area contributed by atoms with Crippen LogP contribution in [0.15, 0.2) is 83.5 Å². The van der Waals surface area contributed by atoms with Crippen LogP contribution in [0.3, 0.4) is 0 Å². The van der Waals surface area contributed by atoms with E-state index in [-0.39, 0.29) is 12.1 Å². The van der Waals surface area contributed by atoms with E-state index in [0.717, 1.165) is 15.9 Å². The lowest BCUT2D eigenvalue weighted by atomic mass is 9.93. The van der Waals surface area contributed by atoms with Gasteiger partial charge in [0.1, 0.15) is 0 Å². The van der Waals surface area contributed by atoms with Crippen molar-refractivity contribution < 1.29 is 0 Å². The minimum Gasteiger partial charge on any atom is -0.351 e. The smallest absolute Gasteiger partial charge is 0.174 e. The third kappa shape index (κ3) is 3.77. The third-order valence-corrected chi connectivity index (χ3v) is 7.36. The molecule has 2 aromatic carbocycles. The molecule has 0 spiro atoms. The van der Waals surface area contributed by atoms with Crippen molar-refractivity contribution in [3.8, 4) is 5.69 Å². The lowest BCUT2D eigenvalue weighted by molar-refractivity contribution is 0.563. The Balaban J connectivity index is 1.72. The Labute approximate surface area is 208 Å². The molecule has 0 saturated carbocycles. The number of benzene rings is 2. The van der Waals surface area contributed by atoms with Crippen molar-refractivity contribution in [3.63, 3.8) is 0 Å². The van der Waals surface area contributed by atoms with Crippen molar-refractivity contribution in [3.05, 3.63) is 112 Å². The number of thiocarbonyl (C=S) groups is 1. The van der Waals surface area contributed by atoms with Crippen LogP contribution in [0.2, 0.25) is 0 Å². The molecular weight excluding hydrogens is 492 g/mol. The lowest BCUT2D eigenvalue weighted by Gasteiger charge is -2.29. The van der Waals surface area contributed by atoms with Gasteiger partial charge in [-0.3, -0.25) is 4.98 Å². The first-order chi connectivity index (χ1) is 16.0. The number of nitrogens with one attached hydrogen (secondary N) is 1. The van der Waals surface area contributed by atoms with E-state index in [1.165, 1.54) is 28.2 Å². The van der Waals surface area contributed by atoms with Gasteiger partial charge in [0.15, 0.2) is 5.11 Å². The van der Waals surface area contributed by atoms with E-state index >= 15 is 0 Å². The zero-order chi connectivity index (χ0) is 23.1. The van der Waals surface area contributed by atoms with Gasteiger partial charge in [0.2, 0.25) is 0 Å². The van der Waals surface area contributed by atoms with Crippen LogP contribution in [0.4, 0.5) is 5.69 Å². The highest BCUT2D eigenvalue weighted by molar-refractivity contribution is 9.10. The van der Waals surface area contributed by atoms with Crippen molar-refractivity contribution in [1.82, 2.24) is 14.9 Å². The maximum absolute atomic E-state index is 5.90. The van der Waals surface area contributed by atoms with Crippen molar-refractivity contribution >= 4 is 38.9 Å². The molecule has 166 valence electrons. The topological polar surface area (TPSA) is 33.1 Å². The summed E-state index contributed by atoms with van der Waals surface area (Å²) >= 11 is 9.46. The van der Waals surface area contributed by atoms with Crippen LogP contribution in [-0.2, 0) is 0 Å². The lowest BCUT2D eigenvalue weighted by Crippen LogP contribution is -2.29. The van der Waals surface area contributed by atoms with Gasteiger partial charge in [0.05, 0.1) is 17.8 Å². The highest BCUT2D eigenvalue weighted by Gasteiger charge is 2.43. The second-order valence-electron chi connectivity index (χ2n) is 8.35. The average Bonchev–Trinajstić information content (AvgIpc) is 3.28. The second kappa shape index (κ2) is 8.76. The molecule has 0 aliphatic carbocycles. The largest absolute Gasteiger partial charge is 0.351 e. The van der Waals surface area contributed by atoms with Gasteiger partial charge < -0.3 is 14.8 Å². The molecule has 0 radical (unpaired) electrons. The summed E-state index contributed by atoms with van der Waals surface area (Å²) in [6, 6.07) is 24.8. The molecule has 3 heterocycles. The van der Waals surface area contributed by atoms with E-state index in [2.05, 4.69) is 112 Å². The molecule has 1 N–H and O–H groups in total. The number of anilines is 1. The first-order valence-corrected chi connectivity index (χ1v) is 12.2. The molecule has 6 heteroatoms. The zero-order valence-corrected chi connectivity index (χ0v) is 21.2. The van der Waals surface area contributed by atoms with E-state index in [1.54, 1.807) is 0 Å². The highest BCUT2D eigenvalue weighted by atomic mass is 79.9. The summed E-state index contributed by atoms with van der Waals surface area (Å²) in [4.78, 5) is 6.94. The summed E-state index contributed by atoms with van der Waals surface area (Å²) in [5.41, 5.74) is 8.22. The predicted molar refractivity (Wildman–Crippen MR) is 142 cm³/mol. The number of rotatable bonds is 4. The Morgan fingerprint density at radius 1 is 0.848 bits per heavy atom. The minimum absolute atomic E-state index is 0.0303. The van der Waals surface area contributed by atoms with Gasteiger partial charge in [-0.1, -0.05) is 40.2 Å². The van der Waals surface area contributed by atoms with Gasteiger partial charge in [-0.2, -0.15) is 0 Å². The van der Waals surface area contributed by atoms with Gasteiger partial charge in [0, 0.05) is 39.0 Å². The highest BCUT2D eigenvalue weighted by Crippen LogP contribution is 2.45. The molecule has 2 atom stereocenters. The molecule has 0 unspecified atom stereocenters. The summed E-state index contributed by atoms with van der Waals surface area (Å²) in [5.74, 6) is 0. The van der Waals surface area contributed by atoms with Crippen LogP contribution >= 0.6 is 28.1 Å². The SMILES string of the molecule is Cc1c([C@H]2[C@H](c3ccccn3)NC(=S)N2c2ccc(Br)cc2)c(C)n(-c2ccccc2)c1C. The standard InChI is InChI=1S/C27H25BrN4S/c1-17-18(2)31(21-9-5-4-6-10-21)19(3)24(17)26-25(23-11-7-8-16-29-23)30-27(33)32(26)22-14-12-20(28)13-15-22/h4-16,25-26H,1-3H3,(H,30,33)/t25-,26-/m0/s1. The number of halogens is 1. The Hall–Kier alpha value is -2.96. The van der Waals surface area contributed by atoms with Crippen LogP contribution in [0.5, 0.6) is 0 Å². The maximum Gasteiger partial charge on any atom is 0.174 e. The van der Waals surface area contributed by atoms with E-state index in [4.69, 9.17) is 17.2 Å². The summed E-state index contributed by atoms with van der Waals surface area (Å²) in [5, 5.41) is 4.29. The molecule has 4 nitrogen and oxygen atoms in total. The second-order valence-corrected chi connectivity index (χ2v) is 9.66. The molecule has 0 amide bonds. The third-order valence-electron chi connectivity index (χ3n) is 6.52. The molecule has 33 heavy (non-hydrogen) atoms. The van der Waals surface area contributed by atoms with Gasteiger partial charge in [-0.05, 0) is 87.1 Å². The first kappa shape index (κ1) is 21.9. The van der Waals surface area contributed by atoms with Crippen molar-refractivity contribution in [2.75, 3.05) is 4.90 Å². The number of nitrogens with zero attached hydrogens (tertiary/aromatic N) is 3. The number of hydrogen-bond donors (Lipinski definition) is 1. The Kier molecular flexibility index (Phi) is 5.81. The van der Waals surface area contributed by atoms with E-state index in [1.807, 2.05) is 18.3 Å². The fourth-order valence-electron chi connectivity index (χ4n) is 4.93. The molecule has 1 fully saturated rings. The van der Waals surface area contributed by atoms with Crippen LogP contribution in [0.25, 0.3) is 5.69 Å². The summed E-state index contributed by atoms with van der Waals surface area (Å²) in [6.07, 6.45) is 1.85. The molecule has 1 aliphatic rings. The van der Waals surface area contributed by atoms with Gasteiger partial charge in [-0.25, -0.2) is 0 Å². The fourth-order valence-corrected chi connectivity index (χ4v) is 5.54. The van der Waals surface area contributed by atoms with Crippen LogP contribution in [0, 0.1) is 20.8 Å². The van der Waals surface area contributed by atoms with E-state index in [0.29, 0.717) is 5.11 Å². The molecule has 4 aromatic rings. The van der Waals surface area contributed by atoms with E-state index < -0.39 is 0 Å². The number of aromatic nitrogens is 2. The fraction of sp³-hybridized carbons (Fsp3) is 0.185. The molecule has 0 bridgehead atoms. The predicted octanol–water partition coefficient (Wildman–Crippen LogP) is 6.74. The summed E-state index contributed by atoms with van der Waals surface area (Å²) in [7, 11) is 0. The van der Waals surface area contributed by atoms with Gasteiger partial charge in [0.25, 0.3) is 0 Å². The van der Waals surface area contributed by atoms with Gasteiger partial charge >= 0.3 is 0 Å². The van der Waals surface area contributed by atoms with Crippen LogP contribution < -0.4 is 10.2 Å². The Morgan fingerprint density at radius 3 is 2.21 bits per heavy atom. The molecule has 2 aromatic heterocycles. The van der Waals surface area contributed by atoms with Crippen molar-refractivity contribution in [1.29, 1.82) is 0 Å². The average molecular weight is 517 g/mol. The maximum atomic E-state index is 5.90. The monoisotopic (exact) mass is 516 g/mol.